The average molecular weight is 383 g/mol. The molecule has 27 heavy (non-hydrogen) atoms. The van der Waals surface area contributed by atoms with Crippen molar-refractivity contribution < 1.29 is 9.59 Å². The standard InChI is InChI=1S/C22H26N2O2S/c1-15-7-8-19-17(13-15)14-20(27-19)22(26)24-11-9-18(10-12-24)23-21(25)16-5-3-2-4-6-16/h2-6,14-15,18H,7-13H2,1H3,(H,23,25). The quantitative estimate of drug-likeness (QED) is 0.875. The number of benzene rings is 1. The van der Waals surface area contributed by atoms with E-state index in [1.807, 2.05) is 35.2 Å². The van der Waals surface area contributed by atoms with Crippen LogP contribution in [-0.4, -0.2) is 35.8 Å². The number of amides is 2. The first-order valence-corrected chi connectivity index (χ1v) is 10.7. The summed E-state index contributed by atoms with van der Waals surface area (Å²) in [6.07, 6.45) is 5.07. The molecule has 1 aliphatic carbocycles. The zero-order chi connectivity index (χ0) is 18.8. The van der Waals surface area contributed by atoms with E-state index in [1.54, 1.807) is 11.3 Å². The third-order valence-corrected chi connectivity index (χ3v) is 6.92. The fraction of sp³-hybridized carbons (Fsp3) is 0.455. The van der Waals surface area contributed by atoms with Gasteiger partial charge < -0.3 is 10.2 Å². The minimum atomic E-state index is -0.0274. The highest BCUT2D eigenvalue weighted by molar-refractivity contribution is 7.14. The normalized spacial score (nSPS) is 20.2. The Balaban J connectivity index is 1.33. The molecule has 0 spiro atoms. The Bertz CT molecular complexity index is 822. The van der Waals surface area contributed by atoms with Gasteiger partial charge in [0.25, 0.3) is 11.8 Å². The van der Waals surface area contributed by atoms with Crippen LogP contribution in [0, 0.1) is 5.92 Å². The number of piperidine rings is 1. The highest BCUT2D eigenvalue weighted by Crippen LogP contribution is 2.33. The molecule has 1 saturated heterocycles. The van der Waals surface area contributed by atoms with Gasteiger partial charge in [-0.15, -0.1) is 11.3 Å². The van der Waals surface area contributed by atoms with Crippen molar-refractivity contribution in [1.82, 2.24) is 10.2 Å². The maximum absolute atomic E-state index is 12.9. The van der Waals surface area contributed by atoms with E-state index in [0.29, 0.717) is 18.7 Å². The van der Waals surface area contributed by atoms with Gasteiger partial charge in [-0.1, -0.05) is 25.1 Å². The first-order chi connectivity index (χ1) is 13.1. The topological polar surface area (TPSA) is 49.4 Å². The van der Waals surface area contributed by atoms with Gasteiger partial charge in [-0.2, -0.15) is 0 Å². The van der Waals surface area contributed by atoms with Gasteiger partial charge in [-0.05, 0) is 61.8 Å². The zero-order valence-electron chi connectivity index (χ0n) is 15.7. The molecule has 0 radical (unpaired) electrons. The summed E-state index contributed by atoms with van der Waals surface area (Å²) >= 11 is 1.69. The lowest BCUT2D eigenvalue weighted by atomic mass is 9.90. The largest absolute Gasteiger partial charge is 0.349 e. The van der Waals surface area contributed by atoms with Crippen LogP contribution >= 0.6 is 11.3 Å². The predicted octanol–water partition coefficient (Wildman–Crippen LogP) is 3.91. The van der Waals surface area contributed by atoms with Gasteiger partial charge in [0, 0.05) is 29.6 Å². The molecule has 0 bridgehead atoms. The SMILES string of the molecule is CC1CCc2sc(C(=O)N3CCC(NC(=O)c4ccccc4)CC3)cc2C1. The maximum atomic E-state index is 12.9. The highest BCUT2D eigenvalue weighted by Gasteiger charge is 2.27. The third kappa shape index (κ3) is 4.08. The molecule has 4 nitrogen and oxygen atoms in total. The van der Waals surface area contributed by atoms with Crippen LogP contribution in [-0.2, 0) is 12.8 Å². The first-order valence-electron chi connectivity index (χ1n) is 9.87. The summed E-state index contributed by atoms with van der Waals surface area (Å²) in [5.41, 5.74) is 2.07. The molecule has 2 aromatic rings. The van der Waals surface area contributed by atoms with Gasteiger partial charge in [-0.3, -0.25) is 9.59 Å². The van der Waals surface area contributed by atoms with Crippen molar-refractivity contribution >= 4 is 23.2 Å². The van der Waals surface area contributed by atoms with Crippen molar-refractivity contribution in [3.8, 4) is 0 Å². The molecule has 4 rings (SSSR count). The van der Waals surface area contributed by atoms with Crippen molar-refractivity contribution in [2.45, 2.75) is 45.1 Å². The van der Waals surface area contributed by atoms with Crippen molar-refractivity contribution in [2.75, 3.05) is 13.1 Å². The molecule has 1 atom stereocenters. The Hall–Kier alpha value is -2.14. The van der Waals surface area contributed by atoms with E-state index in [0.717, 1.165) is 36.5 Å². The Labute approximate surface area is 164 Å². The van der Waals surface area contributed by atoms with Gasteiger partial charge in [0.2, 0.25) is 0 Å². The van der Waals surface area contributed by atoms with Crippen LogP contribution in [0.3, 0.4) is 0 Å². The van der Waals surface area contributed by atoms with E-state index in [-0.39, 0.29) is 17.9 Å². The lowest BCUT2D eigenvalue weighted by Gasteiger charge is -2.32. The van der Waals surface area contributed by atoms with Crippen LogP contribution < -0.4 is 5.32 Å². The fourth-order valence-electron chi connectivity index (χ4n) is 4.05. The van der Waals surface area contributed by atoms with Crippen LogP contribution in [0.4, 0.5) is 0 Å². The molecular formula is C22H26N2O2S. The van der Waals surface area contributed by atoms with Gasteiger partial charge in [0.15, 0.2) is 0 Å². The zero-order valence-corrected chi connectivity index (χ0v) is 16.6. The summed E-state index contributed by atoms with van der Waals surface area (Å²) in [5.74, 6) is 0.856. The van der Waals surface area contributed by atoms with Gasteiger partial charge >= 0.3 is 0 Å². The van der Waals surface area contributed by atoms with Gasteiger partial charge in [0.1, 0.15) is 0 Å². The number of carbonyl (C=O) groups is 2. The van der Waals surface area contributed by atoms with Crippen molar-refractivity contribution in [1.29, 1.82) is 0 Å². The second-order valence-corrected chi connectivity index (χ2v) is 8.95. The van der Waals surface area contributed by atoms with Crippen LogP contribution in [0.15, 0.2) is 36.4 Å². The van der Waals surface area contributed by atoms with E-state index in [9.17, 15) is 9.59 Å². The summed E-state index contributed by atoms with van der Waals surface area (Å²) in [4.78, 5) is 29.4. The molecule has 1 unspecified atom stereocenters. The van der Waals surface area contributed by atoms with Crippen LogP contribution in [0.5, 0.6) is 0 Å². The number of hydrogen-bond donors (Lipinski definition) is 1. The Morgan fingerprint density at radius 3 is 2.59 bits per heavy atom. The third-order valence-electron chi connectivity index (χ3n) is 5.69. The van der Waals surface area contributed by atoms with Gasteiger partial charge in [-0.25, -0.2) is 0 Å². The summed E-state index contributed by atoms with van der Waals surface area (Å²) in [6.45, 7) is 3.70. The van der Waals surface area contributed by atoms with Crippen LogP contribution in [0.1, 0.15) is 56.7 Å². The second-order valence-electron chi connectivity index (χ2n) is 7.81. The first kappa shape index (κ1) is 18.2. The molecular weight excluding hydrogens is 356 g/mol. The molecule has 1 fully saturated rings. The second kappa shape index (κ2) is 7.85. The van der Waals surface area contributed by atoms with E-state index in [1.165, 1.54) is 16.9 Å². The van der Waals surface area contributed by atoms with Crippen molar-refractivity contribution in [3.63, 3.8) is 0 Å². The number of hydrogen-bond acceptors (Lipinski definition) is 3. The van der Waals surface area contributed by atoms with E-state index in [4.69, 9.17) is 0 Å². The minimum Gasteiger partial charge on any atom is -0.349 e. The molecule has 5 heteroatoms. The predicted molar refractivity (Wildman–Crippen MR) is 108 cm³/mol. The highest BCUT2D eigenvalue weighted by atomic mass is 32.1. The number of likely N-dealkylation sites (tertiary alicyclic amines) is 1. The van der Waals surface area contributed by atoms with E-state index in [2.05, 4.69) is 18.3 Å². The van der Waals surface area contributed by atoms with Crippen LogP contribution in [0.25, 0.3) is 0 Å². The maximum Gasteiger partial charge on any atom is 0.263 e. The number of thiophene rings is 1. The molecule has 0 saturated carbocycles. The molecule has 2 aliphatic rings. The summed E-state index contributed by atoms with van der Waals surface area (Å²) in [6, 6.07) is 11.6. The van der Waals surface area contributed by atoms with Crippen LogP contribution in [0.2, 0.25) is 0 Å². The molecule has 1 aromatic heterocycles. The summed E-state index contributed by atoms with van der Waals surface area (Å²) in [7, 11) is 0. The lowest BCUT2D eigenvalue weighted by Crippen LogP contribution is -2.46. The number of carbonyl (C=O) groups excluding carboxylic acids is 2. The smallest absolute Gasteiger partial charge is 0.263 e. The average Bonchev–Trinajstić information content (AvgIpc) is 3.12. The Kier molecular flexibility index (Phi) is 5.30. The number of aryl methyl sites for hydroxylation is 1. The molecule has 1 aliphatic heterocycles. The van der Waals surface area contributed by atoms with Gasteiger partial charge in [0.05, 0.1) is 4.88 Å². The van der Waals surface area contributed by atoms with E-state index < -0.39 is 0 Å². The molecule has 142 valence electrons. The number of nitrogens with zero attached hydrogens (tertiary/aromatic N) is 1. The molecule has 2 amide bonds. The van der Waals surface area contributed by atoms with Crippen molar-refractivity contribution in [3.05, 3.63) is 57.3 Å². The number of nitrogens with one attached hydrogen (secondary N) is 1. The Morgan fingerprint density at radius 2 is 1.85 bits per heavy atom. The monoisotopic (exact) mass is 382 g/mol. The number of fused-ring (bicyclic) bond motifs is 1. The minimum absolute atomic E-state index is 0.0274. The molecule has 2 heterocycles. The Morgan fingerprint density at radius 1 is 1.11 bits per heavy atom. The summed E-state index contributed by atoms with van der Waals surface area (Å²) < 4.78 is 0. The van der Waals surface area contributed by atoms with Crippen molar-refractivity contribution in [2.24, 2.45) is 5.92 Å². The molecule has 1 aromatic carbocycles. The fourth-order valence-corrected chi connectivity index (χ4v) is 5.23. The lowest BCUT2D eigenvalue weighted by molar-refractivity contribution is 0.0702. The number of rotatable bonds is 3. The summed E-state index contributed by atoms with van der Waals surface area (Å²) in [5, 5.41) is 3.10. The van der Waals surface area contributed by atoms with E-state index >= 15 is 0 Å². The molecule has 1 N–H and O–H groups in total.